The van der Waals surface area contributed by atoms with E-state index in [1.165, 1.54) is 6.92 Å². The number of nitrogens with zero attached hydrogens (tertiary/aromatic N) is 1. The molecule has 0 unspecified atom stereocenters. The van der Waals surface area contributed by atoms with Gasteiger partial charge in [-0.25, -0.2) is 4.79 Å². The number of carbonyl (C=O) groups is 2. The first-order valence-corrected chi connectivity index (χ1v) is 6.86. The lowest BCUT2D eigenvalue weighted by atomic mass is 10.2. The Balaban J connectivity index is 3.70. The maximum atomic E-state index is 11.5. The molecule has 6 heteroatoms. The van der Waals surface area contributed by atoms with E-state index < -0.39 is 0 Å². The smallest absolute Gasteiger partial charge is 0.314 e. The predicted molar refractivity (Wildman–Crippen MR) is 77.1 cm³/mol. The van der Waals surface area contributed by atoms with Gasteiger partial charge < -0.3 is 16.0 Å². The summed E-state index contributed by atoms with van der Waals surface area (Å²) in [5.74, 6) is -0.0910. The van der Waals surface area contributed by atoms with E-state index in [1.54, 1.807) is 0 Å². The summed E-state index contributed by atoms with van der Waals surface area (Å²) in [6.45, 7) is 12.4. The molecule has 19 heavy (non-hydrogen) atoms. The third-order valence-corrected chi connectivity index (χ3v) is 2.77. The first-order chi connectivity index (χ1) is 8.84. The van der Waals surface area contributed by atoms with Gasteiger partial charge >= 0.3 is 6.03 Å². The fraction of sp³-hybridized carbons (Fsp3) is 0.846. The summed E-state index contributed by atoms with van der Waals surface area (Å²) in [5.41, 5.74) is 0. The molecule has 0 spiro atoms. The molecule has 112 valence electrons. The summed E-state index contributed by atoms with van der Waals surface area (Å²) >= 11 is 0. The largest absolute Gasteiger partial charge is 0.355 e. The maximum absolute atomic E-state index is 11.5. The minimum atomic E-state index is -0.196. The zero-order chi connectivity index (χ0) is 14.8. The second-order valence-electron chi connectivity index (χ2n) is 5.09. The van der Waals surface area contributed by atoms with E-state index in [0.29, 0.717) is 31.7 Å². The van der Waals surface area contributed by atoms with Gasteiger partial charge in [0.15, 0.2) is 0 Å². The van der Waals surface area contributed by atoms with Crippen LogP contribution in [0.1, 0.15) is 34.6 Å². The lowest BCUT2D eigenvalue weighted by molar-refractivity contribution is -0.118. The fourth-order valence-electron chi connectivity index (χ4n) is 1.89. The first-order valence-electron chi connectivity index (χ1n) is 6.86. The van der Waals surface area contributed by atoms with Crippen LogP contribution in [-0.2, 0) is 4.79 Å². The molecule has 0 aliphatic rings. The average Bonchev–Trinajstić information content (AvgIpc) is 2.29. The van der Waals surface area contributed by atoms with Crippen LogP contribution >= 0.6 is 0 Å². The number of nitrogens with one attached hydrogen (secondary N) is 3. The summed E-state index contributed by atoms with van der Waals surface area (Å²) in [6, 6.07) is 0.729. The van der Waals surface area contributed by atoms with Crippen molar-refractivity contribution in [3.8, 4) is 0 Å². The summed E-state index contributed by atoms with van der Waals surface area (Å²) in [7, 11) is 0. The highest BCUT2D eigenvalue weighted by Crippen LogP contribution is 2.02. The third kappa shape index (κ3) is 9.30. The summed E-state index contributed by atoms with van der Waals surface area (Å²) in [6.07, 6.45) is 0. The topological polar surface area (TPSA) is 73.5 Å². The molecule has 0 saturated carbocycles. The number of hydrogen-bond acceptors (Lipinski definition) is 3. The van der Waals surface area contributed by atoms with Crippen LogP contribution in [0.3, 0.4) is 0 Å². The van der Waals surface area contributed by atoms with Crippen molar-refractivity contribution in [1.29, 1.82) is 0 Å². The zero-order valence-electron chi connectivity index (χ0n) is 12.7. The first kappa shape index (κ1) is 17.7. The molecule has 0 heterocycles. The van der Waals surface area contributed by atoms with Crippen LogP contribution < -0.4 is 16.0 Å². The van der Waals surface area contributed by atoms with E-state index in [9.17, 15) is 9.59 Å². The van der Waals surface area contributed by atoms with Crippen LogP contribution in [0.5, 0.6) is 0 Å². The van der Waals surface area contributed by atoms with Crippen molar-refractivity contribution in [2.45, 2.75) is 46.7 Å². The monoisotopic (exact) mass is 272 g/mol. The Kier molecular flexibility index (Phi) is 8.95. The number of amides is 3. The predicted octanol–water partition coefficient (Wildman–Crippen LogP) is 0.541. The Bertz CT molecular complexity index is 272. The lowest BCUT2D eigenvalue weighted by Crippen LogP contribution is -2.45. The molecular formula is C13H28N4O2. The minimum absolute atomic E-state index is 0.0910. The van der Waals surface area contributed by atoms with Crippen LogP contribution in [0.15, 0.2) is 0 Å². The van der Waals surface area contributed by atoms with Crippen LogP contribution in [-0.4, -0.2) is 55.1 Å². The van der Waals surface area contributed by atoms with Gasteiger partial charge in [-0.05, 0) is 27.7 Å². The number of hydrogen-bond donors (Lipinski definition) is 3. The molecule has 0 saturated heterocycles. The van der Waals surface area contributed by atoms with Crippen molar-refractivity contribution >= 4 is 11.9 Å². The molecular weight excluding hydrogens is 244 g/mol. The maximum Gasteiger partial charge on any atom is 0.314 e. The van der Waals surface area contributed by atoms with Crippen molar-refractivity contribution in [2.75, 3.05) is 26.2 Å². The standard InChI is InChI=1S/C13H28N4O2/c1-10(2)17(11(3)4)9-8-16-13(19)15-7-6-14-12(5)18/h10-11H,6-9H2,1-5H3,(H,14,18)(H2,15,16,19). The van der Waals surface area contributed by atoms with Gasteiger partial charge in [-0.2, -0.15) is 0 Å². The highest BCUT2D eigenvalue weighted by molar-refractivity contribution is 5.74. The van der Waals surface area contributed by atoms with E-state index in [-0.39, 0.29) is 11.9 Å². The Morgan fingerprint density at radius 1 is 0.895 bits per heavy atom. The fourth-order valence-corrected chi connectivity index (χ4v) is 1.89. The molecule has 6 nitrogen and oxygen atoms in total. The SMILES string of the molecule is CC(=O)NCCNC(=O)NCCN(C(C)C)C(C)C. The van der Waals surface area contributed by atoms with Crippen LogP contribution in [0.2, 0.25) is 0 Å². The Morgan fingerprint density at radius 3 is 1.84 bits per heavy atom. The quantitative estimate of drug-likeness (QED) is 0.565. The molecule has 0 aliphatic heterocycles. The second kappa shape index (κ2) is 9.61. The molecule has 0 radical (unpaired) electrons. The van der Waals surface area contributed by atoms with Gasteiger partial charge in [0.25, 0.3) is 0 Å². The molecule has 3 N–H and O–H groups in total. The van der Waals surface area contributed by atoms with Crippen molar-refractivity contribution in [2.24, 2.45) is 0 Å². The lowest BCUT2D eigenvalue weighted by Gasteiger charge is -2.30. The average molecular weight is 272 g/mol. The number of rotatable bonds is 8. The summed E-state index contributed by atoms with van der Waals surface area (Å²) < 4.78 is 0. The molecule has 0 bridgehead atoms. The molecule has 0 aliphatic carbocycles. The van der Waals surface area contributed by atoms with E-state index in [1.807, 2.05) is 0 Å². The summed E-state index contributed by atoms with van der Waals surface area (Å²) in [5, 5.41) is 8.11. The van der Waals surface area contributed by atoms with E-state index >= 15 is 0 Å². The van der Waals surface area contributed by atoms with Gasteiger partial charge in [-0.1, -0.05) is 0 Å². The molecule has 0 aromatic heterocycles. The molecule has 0 aromatic carbocycles. The van der Waals surface area contributed by atoms with Crippen LogP contribution in [0.25, 0.3) is 0 Å². The van der Waals surface area contributed by atoms with E-state index in [2.05, 4.69) is 48.5 Å². The Morgan fingerprint density at radius 2 is 1.37 bits per heavy atom. The van der Waals surface area contributed by atoms with Crippen molar-refractivity contribution in [1.82, 2.24) is 20.9 Å². The normalized spacial score (nSPS) is 10.9. The number of urea groups is 1. The molecule has 0 fully saturated rings. The molecule has 0 rings (SSSR count). The zero-order valence-corrected chi connectivity index (χ0v) is 12.7. The van der Waals surface area contributed by atoms with Crippen LogP contribution in [0.4, 0.5) is 4.79 Å². The van der Waals surface area contributed by atoms with Crippen molar-refractivity contribution in [3.63, 3.8) is 0 Å². The van der Waals surface area contributed by atoms with Gasteiger partial charge in [0.05, 0.1) is 0 Å². The van der Waals surface area contributed by atoms with Crippen molar-refractivity contribution < 1.29 is 9.59 Å². The van der Waals surface area contributed by atoms with Crippen LogP contribution in [0, 0.1) is 0 Å². The highest BCUT2D eigenvalue weighted by Gasteiger charge is 2.12. The van der Waals surface area contributed by atoms with E-state index in [4.69, 9.17) is 0 Å². The number of carbonyl (C=O) groups excluding carboxylic acids is 2. The molecule has 0 atom stereocenters. The Labute approximate surface area is 116 Å². The van der Waals surface area contributed by atoms with Gasteiger partial charge in [-0.15, -0.1) is 0 Å². The summed E-state index contributed by atoms with van der Waals surface area (Å²) in [4.78, 5) is 24.4. The third-order valence-electron chi connectivity index (χ3n) is 2.77. The van der Waals surface area contributed by atoms with E-state index in [0.717, 1.165) is 6.54 Å². The van der Waals surface area contributed by atoms with Gasteiger partial charge in [0.1, 0.15) is 0 Å². The second-order valence-corrected chi connectivity index (χ2v) is 5.09. The van der Waals surface area contributed by atoms with Gasteiger partial charge in [-0.3, -0.25) is 9.69 Å². The van der Waals surface area contributed by atoms with Crippen molar-refractivity contribution in [3.05, 3.63) is 0 Å². The highest BCUT2D eigenvalue weighted by atomic mass is 16.2. The minimum Gasteiger partial charge on any atom is -0.355 e. The molecule has 0 aromatic rings. The van der Waals surface area contributed by atoms with Gasteiger partial charge in [0.2, 0.25) is 5.91 Å². The molecule has 3 amide bonds. The Hall–Kier alpha value is -1.30. The van der Waals surface area contributed by atoms with Gasteiger partial charge in [0, 0.05) is 45.2 Å².